The smallest absolute Gasteiger partial charge is 0.213 e. The molecule has 3 heteroatoms. The molecule has 0 amide bonds. The van der Waals surface area contributed by atoms with E-state index in [1.54, 1.807) is 0 Å². The second-order valence-corrected chi connectivity index (χ2v) is 4.78. The van der Waals surface area contributed by atoms with Crippen molar-refractivity contribution in [2.75, 3.05) is 6.61 Å². The largest absolute Gasteiger partial charge is 0.478 e. The normalized spacial score (nSPS) is 12.2. The zero-order chi connectivity index (χ0) is 14.4. The van der Waals surface area contributed by atoms with E-state index in [0.29, 0.717) is 12.5 Å². The van der Waals surface area contributed by atoms with Crippen LogP contribution in [0.1, 0.15) is 38.4 Å². The van der Waals surface area contributed by atoms with Crippen LogP contribution in [0.3, 0.4) is 0 Å². The third-order valence-corrected chi connectivity index (χ3v) is 3.21. The molecule has 2 aromatic rings. The molecular weight excluding hydrogens is 250 g/mol. The molecule has 1 heterocycles. The number of aliphatic hydroxyl groups excluding tert-OH is 1. The molecule has 0 aliphatic carbocycles. The number of ether oxygens (including phenoxy) is 1. The van der Waals surface area contributed by atoms with Gasteiger partial charge in [0.2, 0.25) is 5.88 Å². The lowest BCUT2D eigenvalue weighted by Gasteiger charge is -2.09. The van der Waals surface area contributed by atoms with E-state index in [1.165, 1.54) is 0 Å². The minimum Gasteiger partial charge on any atom is -0.478 e. The van der Waals surface area contributed by atoms with Gasteiger partial charge in [-0.25, -0.2) is 4.98 Å². The molecule has 0 saturated carbocycles. The molecule has 3 nitrogen and oxygen atoms in total. The third-order valence-electron chi connectivity index (χ3n) is 3.21. The molecule has 0 fully saturated rings. The lowest BCUT2D eigenvalue weighted by atomic mass is 10.0. The van der Waals surface area contributed by atoms with Crippen molar-refractivity contribution in [1.29, 1.82) is 0 Å². The van der Waals surface area contributed by atoms with Gasteiger partial charge in [0.05, 0.1) is 12.7 Å². The highest BCUT2D eigenvalue weighted by atomic mass is 16.5. The Hall–Kier alpha value is -1.87. The molecule has 0 aliphatic rings. The van der Waals surface area contributed by atoms with Gasteiger partial charge in [-0.05, 0) is 30.0 Å². The fourth-order valence-corrected chi connectivity index (χ4v) is 1.98. The van der Waals surface area contributed by atoms with Crippen LogP contribution in [0.2, 0.25) is 0 Å². The van der Waals surface area contributed by atoms with Crippen molar-refractivity contribution >= 4 is 0 Å². The van der Waals surface area contributed by atoms with Crippen molar-refractivity contribution < 1.29 is 9.84 Å². The van der Waals surface area contributed by atoms with E-state index in [0.717, 1.165) is 29.5 Å². The van der Waals surface area contributed by atoms with E-state index in [9.17, 15) is 5.11 Å². The Morgan fingerprint density at radius 2 is 1.75 bits per heavy atom. The van der Waals surface area contributed by atoms with Gasteiger partial charge in [-0.1, -0.05) is 38.1 Å². The molecule has 1 aromatic heterocycles. The number of pyridine rings is 1. The van der Waals surface area contributed by atoms with Crippen LogP contribution < -0.4 is 4.74 Å². The summed E-state index contributed by atoms with van der Waals surface area (Å²) in [6.07, 6.45) is 3.14. The van der Waals surface area contributed by atoms with Crippen LogP contribution in [0.25, 0.3) is 11.1 Å². The Balaban J connectivity index is 2.11. The first-order valence-corrected chi connectivity index (χ1v) is 7.11. The molecule has 1 atom stereocenters. The Bertz CT molecular complexity index is 520. The summed E-state index contributed by atoms with van der Waals surface area (Å²) in [5.41, 5.74) is 3.09. The van der Waals surface area contributed by atoms with Gasteiger partial charge >= 0.3 is 0 Å². The summed E-state index contributed by atoms with van der Waals surface area (Å²) in [4.78, 5) is 4.29. The van der Waals surface area contributed by atoms with Gasteiger partial charge in [0.1, 0.15) is 0 Å². The number of rotatable bonds is 6. The Labute approximate surface area is 120 Å². The Morgan fingerprint density at radius 3 is 2.30 bits per heavy atom. The number of aromatic nitrogens is 1. The maximum Gasteiger partial charge on any atom is 0.213 e. The van der Waals surface area contributed by atoms with Crippen LogP contribution in [0.15, 0.2) is 42.6 Å². The lowest BCUT2D eigenvalue weighted by molar-refractivity contribution is 0.173. The summed E-state index contributed by atoms with van der Waals surface area (Å²) >= 11 is 0. The molecule has 20 heavy (non-hydrogen) atoms. The van der Waals surface area contributed by atoms with Gasteiger partial charge < -0.3 is 9.84 Å². The predicted octanol–water partition coefficient (Wildman–Crippen LogP) is 3.98. The maximum atomic E-state index is 9.78. The van der Waals surface area contributed by atoms with Crippen molar-refractivity contribution in [3.63, 3.8) is 0 Å². The number of benzene rings is 1. The fourth-order valence-electron chi connectivity index (χ4n) is 1.98. The van der Waals surface area contributed by atoms with Crippen molar-refractivity contribution in [3.05, 3.63) is 48.2 Å². The highest BCUT2D eigenvalue weighted by molar-refractivity contribution is 5.63. The highest BCUT2D eigenvalue weighted by Crippen LogP contribution is 2.23. The topological polar surface area (TPSA) is 42.4 Å². The van der Waals surface area contributed by atoms with Gasteiger partial charge in [-0.3, -0.25) is 0 Å². The highest BCUT2D eigenvalue weighted by Gasteiger charge is 2.05. The standard InChI is InChI=1S/C17H21NO2/c1-3-11-20-17-10-9-15(12-18-17)13-5-7-14(8-6-13)16(19)4-2/h5-10,12,16,19H,3-4,11H2,1-2H3. The summed E-state index contributed by atoms with van der Waals surface area (Å²) in [5, 5.41) is 9.78. The maximum absolute atomic E-state index is 9.78. The third kappa shape index (κ3) is 3.58. The summed E-state index contributed by atoms with van der Waals surface area (Å²) in [6.45, 7) is 4.73. The van der Waals surface area contributed by atoms with Gasteiger partial charge in [-0.15, -0.1) is 0 Å². The molecule has 1 aromatic carbocycles. The number of aliphatic hydroxyl groups is 1. The predicted molar refractivity (Wildman–Crippen MR) is 80.7 cm³/mol. The van der Waals surface area contributed by atoms with Crippen molar-refractivity contribution in [2.24, 2.45) is 0 Å². The van der Waals surface area contributed by atoms with Crippen molar-refractivity contribution in [3.8, 4) is 17.0 Å². The SMILES string of the molecule is CCCOc1ccc(-c2ccc(C(O)CC)cc2)cn1. The first-order valence-electron chi connectivity index (χ1n) is 7.11. The van der Waals surface area contributed by atoms with E-state index >= 15 is 0 Å². The molecule has 0 bridgehead atoms. The van der Waals surface area contributed by atoms with Crippen LogP contribution in [0.5, 0.6) is 5.88 Å². The summed E-state index contributed by atoms with van der Waals surface area (Å²) < 4.78 is 5.47. The van der Waals surface area contributed by atoms with Crippen LogP contribution in [0, 0.1) is 0 Å². The molecule has 2 rings (SSSR count). The monoisotopic (exact) mass is 271 g/mol. The second kappa shape index (κ2) is 7.06. The molecule has 0 saturated heterocycles. The van der Waals surface area contributed by atoms with E-state index in [2.05, 4.69) is 11.9 Å². The van der Waals surface area contributed by atoms with E-state index in [-0.39, 0.29) is 6.10 Å². The molecule has 106 valence electrons. The minimum atomic E-state index is -0.382. The molecular formula is C17H21NO2. The van der Waals surface area contributed by atoms with Crippen molar-refractivity contribution in [1.82, 2.24) is 4.98 Å². The van der Waals surface area contributed by atoms with E-state index < -0.39 is 0 Å². The molecule has 0 spiro atoms. The first-order chi connectivity index (χ1) is 9.74. The molecule has 0 aliphatic heterocycles. The van der Waals surface area contributed by atoms with Gasteiger partial charge in [0.25, 0.3) is 0 Å². The second-order valence-electron chi connectivity index (χ2n) is 4.78. The molecule has 0 radical (unpaired) electrons. The van der Waals surface area contributed by atoms with Gasteiger partial charge in [0.15, 0.2) is 0 Å². The average Bonchev–Trinajstić information content (AvgIpc) is 2.53. The number of hydrogen-bond donors (Lipinski definition) is 1. The Kier molecular flexibility index (Phi) is 5.13. The van der Waals surface area contributed by atoms with Crippen LogP contribution in [-0.4, -0.2) is 16.7 Å². The summed E-state index contributed by atoms with van der Waals surface area (Å²) in [5.74, 6) is 0.661. The van der Waals surface area contributed by atoms with Gasteiger partial charge in [-0.2, -0.15) is 0 Å². The van der Waals surface area contributed by atoms with Crippen LogP contribution in [0.4, 0.5) is 0 Å². The zero-order valence-corrected chi connectivity index (χ0v) is 12.0. The van der Waals surface area contributed by atoms with Crippen molar-refractivity contribution in [2.45, 2.75) is 32.8 Å². The zero-order valence-electron chi connectivity index (χ0n) is 12.0. The van der Waals surface area contributed by atoms with E-state index in [4.69, 9.17) is 4.74 Å². The Morgan fingerprint density at radius 1 is 1.05 bits per heavy atom. The van der Waals surface area contributed by atoms with E-state index in [1.807, 2.05) is 49.5 Å². The quantitative estimate of drug-likeness (QED) is 0.864. The molecule has 1 unspecified atom stereocenters. The van der Waals surface area contributed by atoms with Crippen LogP contribution >= 0.6 is 0 Å². The number of nitrogens with zero attached hydrogens (tertiary/aromatic N) is 1. The fraction of sp³-hybridized carbons (Fsp3) is 0.353. The molecule has 1 N–H and O–H groups in total. The summed E-state index contributed by atoms with van der Waals surface area (Å²) in [6, 6.07) is 11.8. The lowest BCUT2D eigenvalue weighted by Crippen LogP contribution is -1.97. The first kappa shape index (κ1) is 14.5. The average molecular weight is 271 g/mol. The van der Waals surface area contributed by atoms with Crippen LogP contribution in [-0.2, 0) is 0 Å². The van der Waals surface area contributed by atoms with Gasteiger partial charge in [0, 0.05) is 17.8 Å². The number of hydrogen-bond acceptors (Lipinski definition) is 3. The minimum absolute atomic E-state index is 0.382. The summed E-state index contributed by atoms with van der Waals surface area (Å²) in [7, 11) is 0.